The molecule has 0 saturated heterocycles. The van der Waals surface area contributed by atoms with Crippen molar-refractivity contribution < 1.29 is 80.5 Å². The monoisotopic (exact) mass is 548 g/mol. The normalized spacial score (nSPS) is 14.4. The third-order valence-corrected chi connectivity index (χ3v) is 3.96. The van der Waals surface area contributed by atoms with Crippen LogP contribution in [-0.4, -0.2) is 66.6 Å². The lowest BCUT2D eigenvalue weighted by molar-refractivity contribution is -0.443. The van der Waals surface area contributed by atoms with Crippen molar-refractivity contribution in [3.05, 3.63) is 24.3 Å². The highest BCUT2D eigenvalue weighted by Crippen LogP contribution is 2.62. The Bertz CT molecular complexity index is 795. The van der Waals surface area contributed by atoms with Gasteiger partial charge in [-0.1, -0.05) is 13.2 Å². The summed E-state index contributed by atoms with van der Waals surface area (Å²) in [7, 11) is 0. The van der Waals surface area contributed by atoms with Gasteiger partial charge in [0, 0.05) is 11.1 Å². The summed E-state index contributed by atoms with van der Waals surface area (Å²) >= 11 is 0. The van der Waals surface area contributed by atoms with Crippen molar-refractivity contribution in [1.29, 1.82) is 0 Å². The first-order valence-electron chi connectivity index (χ1n) is 8.45. The molecule has 0 amide bonds. The molecule has 204 valence electrons. The summed E-state index contributed by atoms with van der Waals surface area (Å²) in [6.07, 6.45) is 0. The van der Waals surface area contributed by atoms with Crippen LogP contribution in [0.25, 0.3) is 0 Å². The van der Waals surface area contributed by atoms with Crippen LogP contribution in [0.4, 0.5) is 61.5 Å². The van der Waals surface area contributed by atoms with Crippen LogP contribution in [0.5, 0.6) is 0 Å². The van der Waals surface area contributed by atoms with Gasteiger partial charge in [-0.3, -0.25) is 0 Å². The topological polar surface area (TPSA) is 52.6 Å². The van der Waals surface area contributed by atoms with Gasteiger partial charge >= 0.3 is 53.4 Å². The molecule has 18 heteroatoms. The zero-order valence-corrected chi connectivity index (χ0v) is 17.3. The molecule has 0 aromatic rings. The van der Waals surface area contributed by atoms with E-state index in [1.165, 1.54) is 0 Å². The summed E-state index contributed by atoms with van der Waals surface area (Å²) in [5, 5.41) is 0. The van der Waals surface area contributed by atoms with Crippen molar-refractivity contribution in [3.8, 4) is 0 Å². The van der Waals surface area contributed by atoms with Crippen LogP contribution in [-0.2, 0) is 19.1 Å². The minimum atomic E-state index is -8.31. The fourth-order valence-corrected chi connectivity index (χ4v) is 1.79. The first-order chi connectivity index (χ1) is 15.2. The second kappa shape index (κ2) is 9.48. The first kappa shape index (κ1) is 32.4. The fraction of sp³-hybridized carbons (Fsp3) is 0.647. The number of carbonyl (C=O) groups excluding carboxylic acids is 2. The second-order valence-electron chi connectivity index (χ2n) is 6.99. The number of hydrogen-bond acceptors (Lipinski definition) is 4. The Hall–Kier alpha value is -2.56. The average Bonchev–Trinajstić information content (AvgIpc) is 2.68. The molecule has 0 N–H and O–H groups in total. The number of hydrogen-bond donors (Lipinski definition) is 0. The molecule has 0 aliphatic heterocycles. The van der Waals surface area contributed by atoms with Crippen LogP contribution in [0.15, 0.2) is 24.3 Å². The number of rotatable bonds is 12. The molecular weight excluding hydrogens is 534 g/mol. The predicted molar refractivity (Wildman–Crippen MR) is 86.2 cm³/mol. The molecule has 0 bridgehead atoms. The Kier molecular flexibility index (Phi) is 8.78. The molecule has 0 aromatic heterocycles. The van der Waals surface area contributed by atoms with E-state index in [1.807, 2.05) is 0 Å². The van der Waals surface area contributed by atoms with Crippen molar-refractivity contribution in [1.82, 2.24) is 0 Å². The minimum absolute atomic E-state index is 0.720. The molecule has 0 aliphatic rings. The van der Waals surface area contributed by atoms with Gasteiger partial charge in [-0.15, -0.1) is 0 Å². The fourth-order valence-electron chi connectivity index (χ4n) is 1.79. The molecule has 0 radical (unpaired) electrons. The highest BCUT2D eigenvalue weighted by molar-refractivity contribution is 5.87. The molecule has 0 aliphatic carbocycles. The van der Waals surface area contributed by atoms with E-state index in [1.54, 1.807) is 0 Å². The lowest BCUT2D eigenvalue weighted by Crippen LogP contribution is -2.73. The van der Waals surface area contributed by atoms with E-state index in [0.29, 0.717) is 0 Å². The Labute approximate surface area is 186 Å². The van der Waals surface area contributed by atoms with Crippen LogP contribution in [0.1, 0.15) is 13.8 Å². The van der Waals surface area contributed by atoms with Crippen LogP contribution in [0.2, 0.25) is 0 Å². The van der Waals surface area contributed by atoms with Gasteiger partial charge < -0.3 is 9.47 Å². The Morgan fingerprint density at radius 2 is 0.714 bits per heavy atom. The van der Waals surface area contributed by atoms with Gasteiger partial charge in [-0.25, -0.2) is 9.59 Å². The summed E-state index contributed by atoms with van der Waals surface area (Å²) in [6.45, 7) is 0.637. The van der Waals surface area contributed by atoms with Gasteiger partial charge in [0.05, 0.1) is 0 Å². The van der Waals surface area contributed by atoms with Gasteiger partial charge in [0.25, 0.3) is 0 Å². The standard InChI is InChI=1S/C17H14F14O4/c1-7(2)9(32)34-5-11(18,19)13(22,23)15(26,27)17(30,31)16(28,29)14(24,25)12(20,21)6-35-10(33)8(3)4/h1,3,5-6H2,2,4H3. The molecule has 0 spiro atoms. The van der Waals surface area contributed by atoms with Crippen molar-refractivity contribution in [2.24, 2.45) is 0 Å². The quantitative estimate of drug-likeness (QED) is 0.179. The Morgan fingerprint density at radius 1 is 0.514 bits per heavy atom. The first-order valence-corrected chi connectivity index (χ1v) is 8.45. The van der Waals surface area contributed by atoms with Crippen LogP contribution in [0.3, 0.4) is 0 Å². The highest BCUT2D eigenvalue weighted by atomic mass is 19.4. The lowest BCUT2D eigenvalue weighted by atomic mass is 9.89. The zero-order chi connectivity index (χ0) is 28.6. The Balaban J connectivity index is 6.36. The molecule has 0 unspecified atom stereocenters. The third-order valence-electron chi connectivity index (χ3n) is 3.96. The van der Waals surface area contributed by atoms with Crippen LogP contribution in [0, 0.1) is 0 Å². The maximum Gasteiger partial charge on any atom is 0.384 e. The molecule has 0 rings (SSSR count). The number of carbonyl (C=O) groups is 2. The number of ether oxygens (including phenoxy) is 2. The van der Waals surface area contributed by atoms with Crippen molar-refractivity contribution >= 4 is 11.9 Å². The van der Waals surface area contributed by atoms with E-state index in [2.05, 4.69) is 22.6 Å². The number of alkyl halides is 14. The van der Waals surface area contributed by atoms with Crippen LogP contribution >= 0.6 is 0 Å². The van der Waals surface area contributed by atoms with E-state index in [0.717, 1.165) is 13.8 Å². The second-order valence-corrected chi connectivity index (χ2v) is 6.99. The average molecular weight is 548 g/mol. The van der Waals surface area contributed by atoms with Crippen LogP contribution < -0.4 is 0 Å². The molecular formula is C17H14F14O4. The highest BCUT2D eigenvalue weighted by Gasteiger charge is 2.92. The largest absolute Gasteiger partial charge is 0.456 e. The van der Waals surface area contributed by atoms with Crippen molar-refractivity contribution in [3.63, 3.8) is 0 Å². The summed E-state index contributed by atoms with van der Waals surface area (Å²) in [5.41, 5.74) is -1.61. The summed E-state index contributed by atoms with van der Waals surface area (Å²) in [6, 6.07) is 0. The zero-order valence-electron chi connectivity index (χ0n) is 17.3. The van der Waals surface area contributed by atoms with Gasteiger partial charge in [0.2, 0.25) is 0 Å². The van der Waals surface area contributed by atoms with Gasteiger partial charge in [-0.2, -0.15) is 61.5 Å². The van der Waals surface area contributed by atoms with Gasteiger partial charge in [0.15, 0.2) is 13.2 Å². The number of halogens is 14. The predicted octanol–water partition coefficient (Wildman–Crippen LogP) is 5.67. The van der Waals surface area contributed by atoms with E-state index < -0.39 is 77.8 Å². The minimum Gasteiger partial charge on any atom is -0.456 e. The molecule has 0 saturated carbocycles. The van der Waals surface area contributed by atoms with Gasteiger partial charge in [0.1, 0.15) is 0 Å². The van der Waals surface area contributed by atoms with E-state index >= 15 is 0 Å². The molecule has 0 heterocycles. The maximum atomic E-state index is 13.7. The van der Waals surface area contributed by atoms with E-state index in [-0.39, 0.29) is 0 Å². The lowest BCUT2D eigenvalue weighted by Gasteiger charge is -2.42. The molecule has 35 heavy (non-hydrogen) atoms. The van der Waals surface area contributed by atoms with Crippen molar-refractivity contribution in [2.45, 2.75) is 55.3 Å². The smallest absolute Gasteiger partial charge is 0.384 e. The summed E-state index contributed by atoms with van der Waals surface area (Å²) in [4.78, 5) is 21.9. The molecule has 4 nitrogen and oxygen atoms in total. The summed E-state index contributed by atoms with van der Waals surface area (Å²) in [5.74, 6) is -57.2. The molecule has 0 atom stereocenters. The number of esters is 2. The van der Waals surface area contributed by atoms with Crippen molar-refractivity contribution in [2.75, 3.05) is 13.2 Å². The SMILES string of the molecule is C=C(C)C(=O)OCC(F)(F)C(F)(F)C(F)(F)C(F)(F)C(F)(F)C(F)(F)C(F)(F)COC(=O)C(=C)C. The molecule has 0 aromatic carbocycles. The Morgan fingerprint density at radius 3 is 0.914 bits per heavy atom. The van der Waals surface area contributed by atoms with E-state index in [4.69, 9.17) is 0 Å². The third kappa shape index (κ3) is 5.34. The molecule has 0 fully saturated rings. The van der Waals surface area contributed by atoms with Gasteiger partial charge in [-0.05, 0) is 13.8 Å². The van der Waals surface area contributed by atoms with E-state index in [9.17, 15) is 71.1 Å². The summed E-state index contributed by atoms with van der Waals surface area (Å²) < 4.78 is 198. The maximum absolute atomic E-state index is 13.7.